The van der Waals surface area contributed by atoms with E-state index in [1.54, 1.807) is 22.6 Å². The summed E-state index contributed by atoms with van der Waals surface area (Å²) in [4.78, 5) is 47.8. The van der Waals surface area contributed by atoms with Gasteiger partial charge >= 0.3 is 0 Å². The van der Waals surface area contributed by atoms with E-state index >= 15 is 0 Å². The maximum Gasteiger partial charge on any atom is 0.259 e. The molecule has 3 aromatic rings. The zero-order valence-electron chi connectivity index (χ0n) is 26.9. The lowest BCUT2D eigenvalue weighted by Crippen LogP contribution is -2.57. The molecule has 2 aliphatic carbocycles. The summed E-state index contributed by atoms with van der Waals surface area (Å²) in [6, 6.07) is 6.64. The average molecular weight is 664 g/mol. The number of amides is 3. The monoisotopic (exact) mass is 663 g/mol. The normalized spacial score (nSPS) is 31.6. The number of hydrogen-bond donors (Lipinski definition) is 2. The van der Waals surface area contributed by atoms with Gasteiger partial charge in [-0.05, 0) is 69.4 Å². The smallest absolute Gasteiger partial charge is 0.259 e. The van der Waals surface area contributed by atoms with Crippen molar-refractivity contribution in [3.05, 3.63) is 42.7 Å². The molecule has 13 nitrogen and oxygen atoms in total. The molecule has 0 bridgehead atoms. The lowest BCUT2D eigenvalue weighted by molar-refractivity contribution is -0.140. The Kier molecular flexibility index (Phi) is 7.76. The third-order valence-electron chi connectivity index (χ3n) is 10.4. The molecule has 2 saturated carbocycles. The average Bonchev–Trinajstić information content (AvgIpc) is 3.80. The Balaban J connectivity index is 1.18. The number of aromatic nitrogens is 4. The van der Waals surface area contributed by atoms with Crippen molar-refractivity contribution in [2.75, 3.05) is 6.54 Å². The maximum atomic E-state index is 14.1. The highest BCUT2D eigenvalue weighted by molar-refractivity contribution is 7.91. The lowest BCUT2D eigenvalue weighted by atomic mass is 9.91. The van der Waals surface area contributed by atoms with E-state index in [1.165, 1.54) is 0 Å². The van der Waals surface area contributed by atoms with Gasteiger partial charge in [-0.15, -0.1) is 10.2 Å². The molecule has 0 unspecified atom stereocenters. The van der Waals surface area contributed by atoms with E-state index in [2.05, 4.69) is 39.1 Å². The van der Waals surface area contributed by atoms with Gasteiger partial charge in [0.05, 0.1) is 22.2 Å². The van der Waals surface area contributed by atoms with Crippen molar-refractivity contribution in [1.29, 1.82) is 0 Å². The van der Waals surface area contributed by atoms with Crippen molar-refractivity contribution in [3.8, 4) is 5.88 Å². The zero-order chi connectivity index (χ0) is 33.1. The van der Waals surface area contributed by atoms with Gasteiger partial charge in [0.2, 0.25) is 27.7 Å². The fraction of sp³-hybridized carbons (Fsp3) is 0.576. The van der Waals surface area contributed by atoms with Crippen molar-refractivity contribution in [1.82, 2.24) is 34.5 Å². The Morgan fingerprint density at radius 1 is 1.13 bits per heavy atom. The summed E-state index contributed by atoms with van der Waals surface area (Å²) in [5.41, 5.74) is -0.618. The zero-order valence-corrected chi connectivity index (χ0v) is 27.7. The number of ether oxygens (including phenoxy) is 1. The number of allylic oxidation sites excluding steroid dienone is 1. The van der Waals surface area contributed by atoms with Gasteiger partial charge in [-0.3, -0.25) is 23.5 Å². The van der Waals surface area contributed by atoms with Crippen LogP contribution in [0, 0.1) is 17.8 Å². The predicted octanol–water partition coefficient (Wildman–Crippen LogP) is 2.90. The van der Waals surface area contributed by atoms with Crippen LogP contribution in [0.25, 0.3) is 16.7 Å². The van der Waals surface area contributed by atoms with Crippen LogP contribution in [-0.2, 0) is 24.4 Å². The van der Waals surface area contributed by atoms with E-state index in [9.17, 15) is 22.8 Å². The molecule has 250 valence electrons. The topological polar surface area (TPSA) is 165 Å². The summed E-state index contributed by atoms with van der Waals surface area (Å²) in [6.07, 6.45) is 9.18. The molecule has 6 atom stereocenters. The van der Waals surface area contributed by atoms with Crippen LogP contribution in [0.1, 0.15) is 72.1 Å². The van der Waals surface area contributed by atoms with Crippen molar-refractivity contribution in [2.45, 2.75) is 94.6 Å². The number of carbonyl (C=O) groups is 3. The summed E-state index contributed by atoms with van der Waals surface area (Å²) in [6.45, 7) is 5.99. The molecular weight excluding hydrogens is 622 g/mol. The van der Waals surface area contributed by atoms with Crippen LogP contribution in [0.4, 0.5) is 0 Å². The number of nitrogens with one attached hydrogen (secondary N) is 2. The number of rotatable bonds is 5. The molecule has 14 heteroatoms. The molecule has 0 spiro atoms. The number of sulfonamides is 1. The maximum absolute atomic E-state index is 14.1. The van der Waals surface area contributed by atoms with Crippen LogP contribution in [-0.4, -0.2) is 79.6 Å². The van der Waals surface area contributed by atoms with Crippen molar-refractivity contribution < 1.29 is 27.5 Å². The summed E-state index contributed by atoms with van der Waals surface area (Å²) < 4.78 is 35.6. The number of hydrogen-bond acceptors (Lipinski definition) is 9. The first-order valence-electron chi connectivity index (χ1n) is 16.5. The first-order valence-corrected chi connectivity index (χ1v) is 18.0. The van der Waals surface area contributed by atoms with Crippen LogP contribution in [0.3, 0.4) is 0 Å². The van der Waals surface area contributed by atoms with Gasteiger partial charge < -0.3 is 15.0 Å². The number of nitrogens with zero attached hydrogens (tertiary/aromatic N) is 5. The van der Waals surface area contributed by atoms with Crippen LogP contribution >= 0.6 is 0 Å². The second kappa shape index (κ2) is 11.6. The van der Waals surface area contributed by atoms with E-state index in [0.29, 0.717) is 30.4 Å². The predicted molar refractivity (Wildman–Crippen MR) is 172 cm³/mol. The largest absolute Gasteiger partial charge is 0.472 e. The molecule has 7 rings (SSSR count). The van der Waals surface area contributed by atoms with E-state index < -0.39 is 44.3 Å². The third-order valence-corrected chi connectivity index (χ3v) is 12.6. The first kappa shape index (κ1) is 31.5. The molecule has 3 amide bonds. The van der Waals surface area contributed by atoms with Gasteiger partial charge in [-0.25, -0.2) is 8.42 Å². The highest BCUT2D eigenvalue weighted by atomic mass is 32.2. The summed E-state index contributed by atoms with van der Waals surface area (Å²) in [5.74, 6) is -0.601. The van der Waals surface area contributed by atoms with Gasteiger partial charge in [0.15, 0.2) is 0 Å². The molecule has 1 aromatic carbocycles. The summed E-state index contributed by atoms with van der Waals surface area (Å²) >= 11 is 0. The van der Waals surface area contributed by atoms with E-state index in [0.717, 1.165) is 30.2 Å². The Labute approximate surface area is 273 Å². The summed E-state index contributed by atoms with van der Waals surface area (Å²) in [5, 5.41) is 11.7. The SMILES string of the molecule is C[C@H]1CC/C=C\[C@@H]2C[C@@]2(C(=O)NS(=O)(=O)C2(C)CC2)NC(=O)[C@@H]2C[C@@H](Oc3nc4nncn4c4ccccc34)CN2C(=O)C[C@H](C)C1. The molecule has 1 saturated heterocycles. The quantitative estimate of drug-likeness (QED) is 0.391. The Hall–Kier alpha value is -4.07. The highest BCUT2D eigenvalue weighted by Gasteiger charge is 2.63. The minimum absolute atomic E-state index is 0.107. The van der Waals surface area contributed by atoms with Crippen LogP contribution in [0.15, 0.2) is 42.7 Å². The molecule has 0 radical (unpaired) electrons. The lowest BCUT2D eigenvalue weighted by Gasteiger charge is -2.28. The van der Waals surface area contributed by atoms with Gasteiger partial charge in [0.1, 0.15) is 24.0 Å². The third kappa shape index (κ3) is 5.85. The van der Waals surface area contributed by atoms with E-state index in [-0.39, 0.29) is 43.6 Å². The number of carbonyl (C=O) groups excluding carboxylic acids is 3. The minimum Gasteiger partial charge on any atom is -0.472 e. The van der Waals surface area contributed by atoms with Gasteiger partial charge in [-0.2, -0.15) is 4.98 Å². The molecule has 2 N–H and O–H groups in total. The number of para-hydroxylation sites is 1. The molecule has 47 heavy (non-hydrogen) atoms. The Morgan fingerprint density at radius 3 is 2.70 bits per heavy atom. The van der Waals surface area contributed by atoms with Crippen molar-refractivity contribution in [3.63, 3.8) is 0 Å². The second-order valence-electron chi connectivity index (χ2n) is 14.3. The molecular formula is C33H41N7O6S. The van der Waals surface area contributed by atoms with Crippen LogP contribution < -0.4 is 14.8 Å². The number of fused-ring (bicyclic) bond motifs is 5. The van der Waals surface area contributed by atoms with Crippen molar-refractivity contribution in [2.24, 2.45) is 17.8 Å². The Bertz CT molecular complexity index is 1890. The number of benzene rings is 1. The Morgan fingerprint density at radius 2 is 1.91 bits per heavy atom. The van der Waals surface area contributed by atoms with Crippen LogP contribution in [0.2, 0.25) is 0 Å². The molecule has 4 heterocycles. The van der Waals surface area contributed by atoms with E-state index in [1.807, 2.05) is 36.4 Å². The van der Waals surface area contributed by atoms with Crippen molar-refractivity contribution >= 4 is 44.4 Å². The first-order chi connectivity index (χ1) is 22.4. The summed E-state index contributed by atoms with van der Waals surface area (Å²) in [7, 11) is -3.92. The fourth-order valence-electron chi connectivity index (χ4n) is 7.16. The minimum atomic E-state index is -3.92. The highest BCUT2D eigenvalue weighted by Crippen LogP contribution is 2.47. The molecule has 4 aliphatic rings. The molecule has 3 fully saturated rings. The van der Waals surface area contributed by atoms with E-state index in [4.69, 9.17) is 4.74 Å². The second-order valence-corrected chi connectivity index (χ2v) is 16.5. The van der Waals surface area contributed by atoms with Gasteiger partial charge in [0.25, 0.3) is 11.7 Å². The molecule has 2 aromatic heterocycles. The molecule has 2 aliphatic heterocycles. The standard InChI is InChI=1S/C33H41N7O6S/c1-20-8-4-5-9-22-17-33(22,30(43)38-47(44,45)32(3)12-13-32)36-28(42)26-16-23(18-39(26)27(41)15-21(2)14-20)46-29-24-10-6-7-11-25(24)40-19-34-37-31(40)35-29/h5-7,9-11,19-23,26H,4,8,12-18H2,1-3H3,(H,36,42)(H,38,43)/b9-5-/t20-,21+,22+,23+,26-,33+/m0/s1. The van der Waals surface area contributed by atoms with Gasteiger partial charge in [0, 0.05) is 18.8 Å². The fourth-order valence-corrected chi connectivity index (χ4v) is 8.47. The van der Waals surface area contributed by atoms with Crippen LogP contribution in [0.5, 0.6) is 5.88 Å². The van der Waals surface area contributed by atoms with Gasteiger partial charge in [-0.1, -0.05) is 38.1 Å².